The van der Waals surface area contributed by atoms with E-state index in [9.17, 15) is 0 Å². The number of anilines is 4. The molecule has 3 aromatic heterocycles. The van der Waals surface area contributed by atoms with Crippen LogP contribution in [0.3, 0.4) is 0 Å². The van der Waals surface area contributed by atoms with Crippen LogP contribution in [0.2, 0.25) is 0 Å². The number of fused-ring (bicyclic) bond motifs is 11. The second-order valence-corrected chi connectivity index (χ2v) is 22.8. The Labute approximate surface area is 486 Å². The molecule has 0 bridgehead atoms. The summed E-state index contributed by atoms with van der Waals surface area (Å²) < 4.78 is 16.1. The molecule has 13 aromatic rings. The maximum absolute atomic E-state index is 8.39. The third-order valence-corrected chi connectivity index (χ3v) is 15.6. The number of hydrogen-bond acceptors (Lipinski definition) is 5. The zero-order valence-corrected chi connectivity index (χ0v) is 47.9. The van der Waals surface area contributed by atoms with Gasteiger partial charge in [-0.15, -0.1) is 42.7 Å². The number of furan rings is 1. The average Bonchev–Trinajstić information content (AvgIpc) is 3.66. The van der Waals surface area contributed by atoms with Crippen LogP contribution in [0.15, 0.2) is 217 Å². The van der Waals surface area contributed by atoms with E-state index in [1.165, 1.54) is 5.56 Å². The summed E-state index contributed by atoms with van der Waals surface area (Å²) in [6.45, 7) is 23.9. The minimum Gasteiger partial charge on any atom is -0.510 e. The minimum absolute atomic E-state index is 0. The van der Waals surface area contributed by atoms with E-state index in [1.54, 1.807) is 6.07 Å². The van der Waals surface area contributed by atoms with Gasteiger partial charge in [0.25, 0.3) is 0 Å². The molecular formula is C73H54N5O2Pt-3. The van der Waals surface area contributed by atoms with Crippen LogP contribution in [0, 0.1) is 25.4 Å². The summed E-state index contributed by atoms with van der Waals surface area (Å²) in [6.07, 6.45) is 1.89. The van der Waals surface area contributed by atoms with Crippen LogP contribution in [0.5, 0.6) is 11.5 Å². The van der Waals surface area contributed by atoms with E-state index in [4.69, 9.17) is 20.7 Å². The fourth-order valence-corrected chi connectivity index (χ4v) is 11.6. The molecule has 7 nitrogen and oxygen atoms in total. The second-order valence-electron chi connectivity index (χ2n) is 22.8. The van der Waals surface area contributed by atoms with Crippen molar-refractivity contribution in [3.05, 3.63) is 254 Å². The summed E-state index contributed by atoms with van der Waals surface area (Å²) in [5.41, 5.74) is 16.1. The van der Waals surface area contributed by atoms with E-state index in [-0.39, 0.29) is 31.9 Å². The van der Waals surface area contributed by atoms with Crippen molar-refractivity contribution in [3.8, 4) is 50.7 Å². The van der Waals surface area contributed by atoms with Crippen molar-refractivity contribution in [2.75, 3.05) is 9.80 Å². The minimum atomic E-state index is -0.136. The monoisotopic (exact) mass is 1230 g/mol. The maximum Gasteiger partial charge on any atom is 0.143 e. The first-order valence-electron chi connectivity index (χ1n) is 27.1. The molecule has 0 unspecified atom stereocenters. The topological polar surface area (TPSA) is 51.0 Å². The first-order chi connectivity index (χ1) is 38.9. The predicted octanol–water partition coefficient (Wildman–Crippen LogP) is 20.2. The number of aromatic nitrogens is 2. The number of benzene rings is 10. The Bertz CT molecular complexity index is 4670. The van der Waals surface area contributed by atoms with E-state index in [0.717, 1.165) is 116 Å². The molecule has 81 heavy (non-hydrogen) atoms. The van der Waals surface area contributed by atoms with Gasteiger partial charge < -0.3 is 23.5 Å². The molecule has 14 rings (SSSR count). The summed E-state index contributed by atoms with van der Waals surface area (Å²) in [5, 5.41) is 6.32. The van der Waals surface area contributed by atoms with E-state index >= 15 is 0 Å². The molecule has 1 aliphatic rings. The average molecular weight is 1230 g/mol. The number of ether oxygens (including phenoxy) is 1. The van der Waals surface area contributed by atoms with Gasteiger partial charge in [-0.05, 0) is 90.7 Å². The second kappa shape index (κ2) is 19.9. The van der Waals surface area contributed by atoms with Crippen LogP contribution in [0.4, 0.5) is 28.4 Å². The third-order valence-electron chi connectivity index (χ3n) is 15.6. The molecule has 10 aromatic carbocycles. The number of para-hydroxylation sites is 3. The molecule has 0 fully saturated rings. The molecule has 0 spiro atoms. The summed E-state index contributed by atoms with van der Waals surface area (Å²) in [7, 11) is 0. The van der Waals surface area contributed by atoms with Gasteiger partial charge in [0.15, 0.2) is 0 Å². The van der Waals surface area contributed by atoms with Gasteiger partial charge in [0.2, 0.25) is 0 Å². The van der Waals surface area contributed by atoms with Gasteiger partial charge in [0, 0.05) is 72.3 Å². The fraction of sp³-hybridized carbons (Fsp3) is 0.110. The molecule has 0 radical (unpaired) electrons. The Morgan fingerprint density at radius 1 is 0.519 bits per heavy atom. The van der Waals surface area contributed by atoms with Gasteiger partial charge in [-0.1, -0.05) is 204 Å². The summed E-state index contributed by atoms with van der Waals surface area (Å²) in [6, 6.07) is 79.4. The van der Waals surface area contributed by atoms with Crippen molar-refractivity contribution in [3.63, 3.8) is 0 Å². The largest absolute Gasteiger partial charge is 0.510 e. The van der Waals surface area contributed by atoms with E-state index < -0.39 is 0 Å². The predicted molar refractivity (Wildman–Crippen MR) is 329 cm³/mol. The zero-order valence-electron chi connectivity index (χ0n) is 45.7. The summed E-state index contributed by atoms with van der Waals surface area (Å²) in [5.74, 6) is 1.58. The van der Waals surface area contributed by atoms with Gasteiger partial charge in [-0.25, -0.2) is 4.98 Å². The third kappa shape index (κ3) is 8.83. The SMILES string of the molecule is [C-]#[N+]c1cc(Oc2[c-]c3c(cc2)c2oc4c5ccccc5c5ccccc5c4c2n3-c2cc(C(C)(C)C)ccn2)[c-]c(N2[CH-]N(c3c(-c4cccc(-c5ccccc5)c4)cccc3-c3cccc(C(C)(C)C)c3)c3ccccc32)c1.[Pt]. The maximum atomic E-state index is 8.39. The van der Waals surface area contributed by atoms with Crippen LogP contribution in [-0.4, -0.2) is 9.55 Å². The van der Waals surface area contributed by atoms with Crippen LogP contribution >= 0.6 is 0 Å². The van der Waals surface area contributed by atoms with Crippen molar-refractivity contribution >= 4 is 83.0 Å². The van der Waals surface area contributed by atoms with Crippen LogP contribution in [0.25, 0.3) is 98.6 Å². The molecule has 4 heterocycles. The van der Waals surface area contributed by atoms with Crippen LogP contribution in [-0.2, 0) is 31.9 Å². The molecule has 0 saturated carbocycles. The normalized spacial score (nSPS) is 12.6. The smallest absolute Gasteiger partial charge is 0.143 e. The Kier molecular flexibility index (Phi) is 12.6. The molecule has 0 saturated heterocycles. The Morgan fingerprint density at radius 3 is 1.85 bits per heavy atom. The molecule has 0 atom stereocenters. The van der Waals surface area contributed by atoms with Crippen LogP contribution in [0.1, 0.15) is 52.7 Å². The molecule has 0 N–H and O–H groups in total. The molecule has 0 aliphatic carbocycles. The van der Waals surface area contributed by atoms with Gasteiger partial charge in [-0.2, -0.15) is 6.07 Å². The van der Waals surface area contributed by atoms with E-state index in [2.05, 4.69) is 262 Å². The number of hydrogen-bond donors (Lipinski definition) is 0. The molecular weight excluding hydrogens is 1170 g/mol. The first-order valence-corrected chi connectivity index (χ1v) is 27.1. The molecule has 1 aliphatic heterocycles. The van der Waals surface area contributed by atoms with Crippen molar-refractivity contribution in [1.29, 1.82) is 0 Å². The zero-order chi connectivity index (χ0) is 54.4. The summed E-state index contributed by atoms with van der Waals surface area (Å²) in [4.78, 5) is 13.4. The van der Waals surface area contributed by atoms with Gasteiger partial charge in [0.05, 0.1) is 23.2 Å². The van der Waals surface area contributed by atoms with E-state index in [0.29, 0.717) is 22.9 Å². The summed E-state index contributed by atoms with van der Waals surface area (Å²) >= 11 is 0. The van der Waals surface area contributed by atoms with Crippen molar-refractivity contribution in [1.82, 2.24) is 9.55 Å². The first kappa shape index (κ1) is 51.2. The number of rotatable bonds is 8. The molecule has 0 amide bonds. The van der Waals surface area contributed by atoms with E-state index in [1.807, 2.05) is 24.4 Å². The Morgan fingerprint density at radius 2 is 1.12 bits per heavy atom. The van der Waals surface area contributed by atoms with Crippen molar-refractivity contribution < 1.29 is 30.2 Å². The van der Waals surface area contributed by atoms with Gasteiger partial charge >= 0.3 is 0 Å². The number of pyridine rings is 1. The molecule has 8 heteroatoms. The van der Waals surface area contributed by atoms with Crippen molar-refractivity contribution in [2.24, 2.45) is 0 Å². The number of nitrogens with zero attached hydrogens (tertiary/aromatic N) is 5. The van der Waals surface area contributed by atoms with Crippen LogP contribution < -0.4 is 14.5 Å². The fourth-order valence-electron chi connectivity index (χ4n) is 11.6. The molecule has 396 valence electrons. The van der Waals surface area contributed by atoms with Crippen molar-refractivity contribution in [2.45, 2.75) is 52.4 Å². The Balaban J connectivity index is 0.00000618. The standard InChI is InChI=1S/C73H54N5O2.Pt/c1-72(2,3)50-25-18-24-49(39-50)57-31-19-30-56(48-23-17-22-47(38-48)46-20-9-8-10-21-46)68(57)77-45-76(63-32-15-16-33-64(63)77)53-41-52(74-7)42-55(43-53)79-54-34-35-62-65(44-54)78(66-40-51(36-37-75-66)73(4,5)6)69-67-60-28-13-11-26-58(60)59-27-12-14-29-61(59)70(67)80-71(62)69;/h8-42,45H,1-6H3;/q-3;. The van der Waals surface area contributed by atoms with Gasteiger partial charge in [-0.3, -0.25) is 4.85 Å². The Hall–Kier alpha value is -9.21. The quantitative estimate of drug-likeness (QED) is 0.112. The van der Waals surface area contributed by atoms with Gasteiger partial charge in [0.1, 0.15) is 17.0 Å².